The van der Waals surface area contributed by atoms with E-state index in [4.69, 9.17) is 14.7 Å². The van der Waals surface area contributed by atoms with Gasteiger partial charge in [0.25, 0.3) is 0 Å². The van der Waals surface area contributed by atoms with Crippen LogP contribution in [0.5, 0.6) is 5.75 Å². The van der Waals surface area contributed by atoms with Gasteiger partial charge in [0.1, 0.15) is 11.6 Å². The van der Waals surface area contributed by atoms with E-state index in [-0.39, 0.29) is 5.75 Å². The predicted octanol–water partition coefficient (Wildman–Crippen LogP) is 3.05. The lowest BCUT2D eigenvalue weighted by atomic mass is 10.1. The number of benzene rings is 2. The van der Waals surface area contributed by atoms with Crippen molar-refractivity contribution in [2.75, 3.05) is 68.8 Å². The van der Waals surface area contributed by atoms with Gasteiger partial charge in [-0.3, -0.25) is 4.90 Å². The molecular formula is C26H31N5O2. The highest BCUT2D eigenvalue weighted by atomic mass is 16.5. The Hall–Kier alpha value is -3.16. The third kappa shape index (κ3) is 5.43. The van der Waals surface area contributed by atoms with E-state index in [2.05, 4.69) is 51.1 Å². The first-order valence-corrected chi connectivity index (χ1v) is 11.8. The van der Waals surface area contributed by atoms with Gasteiger partial charge in [-0.15, -0.1) is 0 Å². The van der Waals surface area contributed by atoms with Crippen LogP contribution in [0.1, 0.15) is 5.56 Å². The molecule has 0 bridgehead atoms. The summed E-state index contributed by atoms with van der Waals surface area (Å²) in [5, 5.41) is 9.99. The summed E-state index contributed by atoms with van der Waals surface area (Å²) in [5.41, 5.74) is 3.13. The molecule has 0 spiro atoms. The second-order valence-electron chi connectivity index (χ2n) is 8.63. The van der Waals surface area contributed by atoms with Crippen molar-refractivity contribution in [3.8, 4) is 17.0 Å². The Bertz CT molecular complexity index is 1050. The number of morpholine rings is 1. The van der Waals surface area contributed by atoms with Gasteiger partial charge in [-0.1, -0.05) is 42.5 Å². The zero-order valence-electron chi connectivity index (χ0n) is 18.9. The van der Waals surface area contributed by atoms with Crippen molar-refractivity contribution in [2.45, 2.75) is 6.42 Å². The molecule has 3 heterocycles. The van der Waals surface area contributed by atoms with Gasteiger partial charge in [-0.25, -0.2) is 4.98 Å². The van der Waals surface area contributed by atoms with Crippen molar-refractivity contribution in [2.24, 2.45) is 0 Å². The fourth-order valence-corrected chi connectivity index (χ4v) is 4.43. The summed E-state index contributed by atoms with van der Waals surface area (Å²) >= 11 is 0. The van der Waals surface area contributed by atoms with Crippen molar-refractivity contribution in [1.29, 1.82) is 0 Å². The van der Waals surface area contributed by atoms with Gasteiger partial charge in [-0.2, -0.15) is 4.98 Å². The molecule has 172 valence electrons. The lowest BCUT2D eigenvalue weighted by Gasteiger charge is -2.36. The lowest BCUT2D eigenvalue weighted by Crippen LogP contribution is -2.47. The van der Waals surface area contributed by atoms with E-state index in [0.29, 0.717) is 13.2 Å². The monoisotopic (exact) mass is 445 g/mol. The van der Waals surface area contributed by atoms with Gasteiger partial charge in [0.2, 0.25) is 5.95 Å². The summed E-state index contributed by atoms with van der Waals surface area (Å²) in [6.45, 7) is 7.95. The molecule has 5 rings (SSSR count). The smallest absolute Gasteiger partial charge is 0.228 e. The molecular weight excluding hydrogens is 414 g/mol. The van der Waals surface area contributed by atoms with Crippen LogP contribution in [0.2, 0.25) is 0 Å². The van der Waals surface area contributed by atoms with Crippen LogP contribution in [0, 0.1) is 0 Å². The van der Waals surface area contributed by atoms with Gasteiger partial charge < -0.3 is 19.6 Å². The van der Waals surface area contributed by atoms with Crippen LogP contribution in [-0.4, -0.2) is 79.0 Å². The molecule has 2 aliphatic rings. The van der Waals surface area contributed by atoms with Gasteiger partial charge in [-0.05, 0) is 24.1 Å². The van der Waals surface area contributed by atoms with Gasteiger partial charge in [0.05, 0.1) is 18.9 Å². The van der Waals surface area contributed by atoms with Gasteiger partial charge >= 0.3 is 0 Å². The molecule has 2 aromatic carbocycles. The van der Waals surface area contributed by atoms with E-state index in [0.717, 1.165) is 75.3 Å². The maximum atomic E-state index is 9.99. The van der Waals surface area contributed by atoms with Crippen molar-refractivity contribution in [3.63, 3.8) is 0 Å². The molecule has 3 aromatic rings. The van der Waals surface area contributed by atoms with Crippen molar-refractivity contribution < 1.29 is 9.84 Å². The van der Waals surface area contributed by atoms with E-state index in [1.165, 1.54) is 5.56 Å². The molecule has 7 heteroatoms. The lowest BCUT2D eigenvalue weighted by molar-refractivity contribution is 0.122. The summed E-state index contributed by atoms with van der Waals surface area (Å²) < 4.78 is 5.52. The average Bonchev–Trinajstić information content (AvgIpc) is 2.89. The number of piperazine rings is 1. The van der Waals surface area contributed by atoms with Crippen molar-refractivity contribution >= 4 is 11.8 Å². The average molecular weight is 446 g/mol. The maximum Gasteiger partial charge on any atom is 0.228 e. The minimum atomic E-state index is 0.243. The Morgan fingerprint density at radius 2 is 1.58 bits per heavy atom. The second-order valence-corrected chi connectivity index (χ2v) is 8.63. The standard InChI is InChI=1S/C26H31N5O2/c32-23-8-4-7-22(19-23)24-20-25(28-26(27-24)31-15-17-33-18-16-31)30-13-11-29(12-14-30)10-9-21-5-2-1-3-6-21/h1-8,19-20,32H,9-18H2. The number of phenols is 1. The zero-order chi connectivity index (χ0) is 22.5. The number of hydrogen-bond acceptors (Lipinski definition) is 7. The van der Waals surface area contributed by atoms with E-state index in [9.17, 15) is 5.11 Å². The van der Waals surface area contributed by atoms with Crippen molar-refractivity contribution in [1.82, 2.24) is 14.9 Å². The third-order valence-electron chi connectivity index (χ3n) is 6.39. The zero-order valence-corrected chi connectivity index (χ0v) is 18.9. The Morgan fingerprint density at radius 3 is 2.33 bits per heavy atom. The molecule has 0 atom stereocenters. The quantitative estimate of drug-likeness (QED) is 0.626. The fraction of sp³-hybridized carbons (Fsp3) is 0.385. The number of rotatable bonds is 6. The van der Waals surface area contributed by atoms with E-state index >= 15 is 0 Å². The maximum absolute atomic E-state index is 9.99. The molecule has 33 heavy (non-hydrogen) atoms. The summed E-state index contributed by atoms with van der Waals surface area (Å²) in [4.78, 5) is 16.9. The first-order valence-electron chi connectivity index (χ1n) is 11.8. The van der Waals surface area contributed by atoms with Crippen LogP contribution in [0.3, 0.4) is 0 Å². The molecule has 7 nitrogen and oxygen atoms in total. The largest absolute Gasteiger partial charge is 0.508 e. The molecule has 2 fully saturated rings. The number of aromatic nitrogens is 2. The molecule has 1 aromatic heterocycles. The summed E-state index contributed by atoms with van der Waals surface area (Å²) in [5.74, 6) is 1.93. The first kappa shape index (κ1) is 21.7. The minimum absolute atomic E-state index is 0.243. The summed E-state index contributed by atoms with van der Waals surface area (Å²) in [6, 6.07) is 20.0. The van der Waals surface area contributed by atoms with Crippen LogP contribution < -0.4 is 9.80 Å². The molecule has 0 unspecified atom stereocenters. The van der Waals surface area contributed by atoms with E-state index in [1.54, 1.807) is 12.1 Å². The predicted molar refractivity (Wildman–Crippen MR) is 131 cm³/mol. The van der Waals surface area contributed by atoms with Crippen LogP contribution >= 0.6 is 0 Å². The minimum Gasteiger partial charge on any atom is -0.508 e. The highest BCUT2D eigenvalue weighted by Crippen LogP contribution is 2.28. The normalized spacial score (nSPS) is 17.3. The highest BCUT2D eigenvalue weighted by molar-refractivity contribution is 5.66. The van der Waals surface area contributed by atoms with Crippen LogP contribution in [0.4, 0.5) is 11.8 Å². The Balaban J connectivity index is 1.32. The summed E-state index contributed by atoms with van der Waals surface area (Å²) in [7, 11) is 0. The fourth-order valence-electron chi connectivity index (χ4n) is 4.43. The van der Waals surface area contributed by atoms with E-state index < -0.39 is 0 Å². The number of hydrogen-bond donors (Lipinski definition) is 1. The molecule has 2 saturated heterocycles. The molecule has 0 amide bonds. The Labute approximate surface area is 195 Å². The summed E-state index contributed by atoms with van der Waals surface area (Å²) in [6.07, 6.45) is 1.08. The van der Waals surface area contributed by atoms with E-state index in [1.807, 2.05) is 12.1 Å². The molecule has 1 N–H and O–H groups in total. The number of ether oxygens (including phenoxy) is 1. The van der Waals surface area contributed by atoms with Crippen LogP contribution in [-0.2, 0) is 11.2 Å². The molecule has 0 radical (unpaired) electrons. The number of phenolic OH excluding ortho intramolecular Hbond substituents is 1. The second kappa shape index (κ2) is 10.2. The topological polar surface area (TPSA) is 65.0 Å². The number of nitrogens with zero attached hydrogens (tertiary/aromatic N) is 5. The molecule has 0 saturated carbocycles. The highest BCUT2D eigenvalue weighted by Gasteiger charge is 2.22. The Morgan fingerprint density at radius 1 is 0.788 bits per heavy atom. The molecule has 2 aliphatic heterocycles. The van der Waals surface area contributed by atoms with Gasteiger partial charge in [0.15, 0.2) is 0 Å². The van der Waals surface area contributed by atoms with Crippen LogP contribution in [0.25, 0.3) is 11.3 Å². The SMILES string of the molecule is Oc1cccc(-c2cc(N3CCN(CCc4ccccc4)CC3)nc(N3CCOCC3)n2)c1. The van der Waals surface area contributed by atoms with Gasteiger partial charge in [0, 0.05) is 57.4 Å². The number of aromatic hydroxyl groups is 1. The van der Waals surface area contributed by atoms with Crippen LogP contribution in [0.15, 0.2) is 60.7 Å². The molecule has 0 aliphatic carbocycles. The number of anilines is 2. The first-order chi connectivity index (χ1) is 16.2. The Kier molecular flexibility index (Phi) is 6.69. The van der Waals surface area contributed by atoms with Crippen molar-refractivity contribution in [3.05, 3.63) is 66.2 Å². The third-order valence-corrected chi connectivity index (χ3v) is 6.39.